The fourth-order valence-electron chi connectivity index (χ4n) is 10.5. The number of piperidine rings is 2. The predicted molar refractivity (Wildman–Crippen MR) is 273 cm³/mol. The maximum atomic E-state index is 12.8. The minimum Gasteiger partial charge on any atom is -0.408 e. The summed E-state index contributed by atoms with van der Waals surface area (Å²) in [4.78, 5) is 71.0. The van der Waals surface area contributed by atoms with Gasteiger partial charge in [0, 0.05) is 58.3 Å². The van der Waals surface area contributed by atoms with Crippen molar-refractivity contribution in [2.24, 2.45) is 0 Å². The molecule has 7 heterocycles. The molecular weight excluding hydrogens is 947 g/mol. The van der Waals surface area contributed by atoms with E-state index in [4.69, 9.17) is 19.1 Å². The Bertz CT molecular complexity index is 2990. The number of ether oxygens (including phenoxy) is 1. The number of hydrogen-bond acceptors (Lipinski definition) is 14. The number of carbonyl (C=O) groups excluding carboxylic acids is 2. The van der Waals surface area contributed by atoms with Gasteiger partial charge in [-0.15, -0.1) is 0 Å². The number of anilines is 5. The molecule has 3 aromatic heterocycles. The third-order valence-electron chi connectivity index (χ3n) is 14.2. The molecule has 4 aliphatic rings. The van der Waals surface area contributed by atoms with Crippen molar-refractivity contribution in [2.75, 3.05) is 80.8 Å². The van der Waals surface area contributed by atoms with Crippen molar-refractivity contribution in [3.63, 3.8) is 0 Å². The number of nitrogens with one attached hydrogen (secondary N) is 3. The Labute approximate surface area is 403 Å². The Morgan fingerprint density at radius 2 is 1.72 bits per heavy atom. The van der Waals surface area contributed by atoms with Crippen LogP contribution in [0.25, 0.3) is 22.0 Å². The van der Waals surface area contributed by atoms with E-state index in [2.05, 4.69) is 88.8 Å². The van der Waals surface area contributed by atoms with Crippen LogP contribution in [0.3, 0.4) is 0 Å². The molecule has 2 amide bonds. The summed E-state index contributed by atoms with van der Waals surface area (Å²) in [5.74, 6) is 0.343. The van der Waals surface area contributed by atoms with Gasteiger partial charge >= 0.3 is 230 Å². The number of aryl methyl sites for hydroxylation is 2. The Kier molecular flexibility index (Phi) is 13.1. The van der Waals surface area contributed by atoms with E-state index in [1.165, 1.54) is 15.8 Å². The second kappa shape index (κ2) is 19.4. The normalized spacial score (nSPS) is 19.7. The summed E-state index contributed by atoms with van der Waals surface area (Å²) in [6.45, 7) is 11.0. The van der Waals surface area contributed by atoms with Crippen LogP contribution >= 0.6 is 23.4 Å². The first-order valence-corrected chi connectivity index (χ1v) is 26.9. The van der Waals surface area contributed by atoms with Gasteiger partial charge in [0.15, 0.2) is 5.58 Å². The molecule has 356 valence electrons. The van der Waals surface area contributed by atoms with Crippen LogP contribution in [-0.2, 0) is 22.4 Å². The van der Waals surface area contributed by atoms with E-state index in [1.807, 2.05) is 43.3 Å². The van der Waals surface area contributed by atoms with E-state index >= 15 is 0 Å². The zero-order valence-electron chi connectivity index (χ0n) is 38.7. The Hall–Kier alpha value is -5.71. The molecule has 18 heteroatoms. The molecule has 0 aliphatic carbocycles. The van der Waals surface area contributed by atoms with Gasteiger partial charge in [-0.2, -0.15) is 0 Å². The number of halogens is 1. The van der Waals surface area contributed by atoms with Gasteiger partial charge in [0.05, 0.1) is 5.52 Å². The number of amides is 2. The minimum absolute atomic E-state index is 0.191. The summed E-state index contributed by atoms with van der Waals surface area (Å²) < 4.78 is 13.6. The SMILES string of the molecule is CCc1cc(Nc2ncc(Br)c(Nc3ccc4nc(C)ccc4c3[PH]3(O)CC=CC3)n2)c(OC)cc1N1CCC(N2CCN(CCc3ccc4c(c3)oc(=O)n4C3CCC(=O)NC3=O)CC2)CC1. The number of nitrogens with zero attached hydrogens (tertiary/aromatic N) is 7. The average molecular weight is 1010 g/mol. The molecule has 0 bridgehead atoms. The number of benzene rings is 3. The Morgan fingerprint density at radius 3 is 2.47 bits per heavy atom. The van der Waals surface area contributed by atoms with Crippen molar-refractivity contribution in [2.45, 2.75) is 64.5 Å². The Morgan fingerprint density at radius 1 is 0.926 bits per heavy atom. The van der Waals surface area contributed by atoms with Gasteiger partial charge in [-0.05, 0) is 43.4 Å². The van der Waals surface area contributed by atoms with Crippen LogP contribution in [0.1, 0.15) is 55.5 Å². The molecule has 16 nitrogen and oxygen atoms in total. The molecule has 0 radical (unpaired) electrons. The van der Waals surface area contributed by atoms with Gasteiger partial charge in [-0.3, -0.25) is 24.4 Å². The average Bonchev–Trinajstić information content (AvgIpc) is 3.93. The second-order valence-electron chi connectivity index (χ2n) is 18.4. The second-order valence-corrected chi connectivity index (χ2v) is 22.7. The van der Waals surface area contributed by atoms with Crippen molar-refractivity contribution in [3.8, 4) is 5.75 Å². The first-order valence-electron chi connectivity index (χ1n) is 23.7. The third-order valence-corrected chi connectivity index (χ3v) is 18.1. The van der Waals surface area contributed by atoms with Gasteiger partial charge in [0.1, 0.15) is 6.04 Å². The number of piperazine rings is 1. The first-order chi connectivity index (χ1) is 33.0. The molecule has 3 saturated heterocycles. The number of oxazole rings is 1. The summed E-state index contributed by atoms with van der Waals surface area (Å²) in [6.07, 6.45) is 11.5. The van der Waals surface area contributed by atoms with Gasteiger partial charge in [-0.1, -0.05) is 6.07 Å². The van der Waals surface area contributed by atoms with Gasteiger partial charge in [0.25, 0.3) is 0 Å². The maximum absolute atomic E-state index is 12.8. The van der Waals surface area contributed by atoms with Gasteiger partial charge < -0.3 is 9.32 Å². The summed E-state index contributed by atoms with van der Waals surface area (Å²) in [5.41, 5.74) is 7.93. The van der Waals surface area contributed by atoms with Crippen molar-refractivity contribution in [1.29, 1.82) is 0 Å². The van der Waals surface area contributed by atoms with E-state index in [1.54, 1.807) is 13.3 Å². The standard InChI is InChI=1S/C50H58BrN10O6P/c1-4-33-28-39(55-49-52-30-36(51)47(57-49)54-38-11-10-37-35(9-7-31(2)53-37)46(38)68(65)25-5-6-26-68)43(66-3)29-42(33)60-19-16-34(17-20-60)59-23-21-58(22-24-59)18-15-32-8-12-40-44(27-32)67-50(64)61(40)41-13-14-45(62)56-48(41)63/h5-12,27-30,34,41,65,68H,4,13-26H2,1-3H3,(H,56,62,63)(H2,52,54,55,57). The fraction of sp³-hybridized carbons (Fsp3) is 0.400. The van der Waals surface area contributed by atoms with Crippen molar-refractivity contribution >= 4 is 91.4 Å². The van der Waals surface area contributed by atoms with Crippen LogP contribution in [0.2, 0.25) is 0 Å². The molecule has 4 N–H and O–H groups in total. The van der Waals surface area contributed by atoms with Crippen molar-refractivity contribution in [1.82, 2.24) is 34.6 Å². The summed E-state index contributed by atoms with van der Waals surface area (Å²) >= 11 is 3.67. The molecule has 68 heavy (non-hydrogen) atoms. The van der Waals surface area contributed by atoms with Crippen LogP contribution in [0.5, 0.6) is 5.75 Å². The fourth-order valence-corrected chi connectivity index (χ4v) is 13.9. The zero-order valence-corrected chi connectivity index (χ0v) is 41.3. The quantitative estimate of drug-likeness (QED) is 0.0544. The van der Waals surface area contributed by atoms with E-state index < -0.39 is 25.2 Å². The van der Waals surface area contributed by atoms with E-state index in [0.29, 0.717) is 51.5 Å². The molecule has 1 atom stereocenters. The summed E-state index contributed by atoms with van der Waals surface area (Å²) in [6, 6.07) is 17.9. The van der Waals surface area contributed by atoms with Crippen LogP contribution < -0.4 is 36.6 Å². The molecule has 4 aliphatic heterocycles. The molecule has 0 spiro atoms. The van der Waals surface area contributed by atoms with Crippen LogP contribution in [0, 0.1) is 6.92 Å². The molecule has 0 saturated carbocycles. The molecule has 6 aromatic rings. The first kappa shape index (κ1) is 46.0. The topological polar surface area (TPSA) is 183 Å². The van der Waals surface area contributed by atoms with E-state index in [0.717, 1.165) is 110 Å². The number of rotatable bonds is 13. The number of hydrogen-bond donors (Lipinski definition) is 4. The minimum atomic E-state index is -2.85. The summed E-state index contributed by atoms with van der Waals surface area (Å²) in [5, 5.41) is 11.2. The number of carbonyl (C=O) groups is 2. The molecule has 1 unspecified atom stereocenters. The van der Waals surface area contributed by atoms with Crippen molar-refractivity contribution in [3.05, 3.63) is 105 Å². The van der Waals surface area contributed by atoms with E-state index in [-0.39, 0.29) is 18.7 Å². The smallest absolute Gasteiger partial charge is 0.408 e. The zero-order chi connectivity index (χ0) is 47.1. The molecular formula is C50H58BrN10O6P. The number of pyridine rings is 1. The monoisotopic (exact) mass is 1000 g/mol. The van der Waals surface area contributed by atoms with Crippen molar-refractivity contribution < 1.29 is 23.6 Å². The number of fused-ring (bicyclic) bond motifs is 2. The number of allylic oxidation sites excluding steroid dienone is 2. The number of imide groups is 1. The van der Waals surface area contributed by atoms with Gasteiger partial charge in [0.2, 0.25) is 11.8 Å². The van der Waals surface area contributed by atoms with Crippen LogP contribution in [-0.4, -0.2) is 117 Å². The Balaban J connectivity index is 0.754. The predicted octanol–water partition coefficient (Wildman–Crippen LogP) is 6.72. The molecule has 10 rings (SSSR count). The van der Waals surface area contributed by atoms with E-state index in [9.17, 15) is 19.3 Å². The number of methoxy groups -OCH3 is 1. The number of aromatic nitrogens is 4. The summed E-state index contributed by atoms with van der Waals surface area (Å²) in [7, 11) is -1.16. The molecule has 3 fully saturated rings. The van der Waals surface area contributed by atoms with Gasteiger partial charge in [-0.25, -0.2) is 4.79 Å². The van der Waals surface area contributed by atoms with Crippen LogP contribution in [0.15, 0.2) is 86.6 Å². The third kappa shape index (κ3) is 9.26. The molecule has 3 aromatic carbocycles. The van der Waals surface area contributed by atoms with Crippen LogP contribution in [0.4, 0.5) is 28.8 Å².